The van der Waals surface area contributed by atoms with Gasteiger partial charge >= 0.3 is 0 Å². The number of hydrogen-bond acceptors (Lipinski definition) is 2. The first kappa shape index (κ1) is 10.2. The van der Waals surface area contributed by atoms with Crippen LogP contribution in [0.5, 0.6) is 0 Å². The van der Waals surface area contributed by atoms with Crippen molar-refractivity contribution < 1.29 is 4.79 Å². The summed E-state index contributed by atoms with van der Waals surface area (Å²) < 4.78 is 0. The third-order valence-corrected chi connectivity index (χ3v) is 2.48. The Morgan fingerprint density at radius 1 is 1.27 bits per heavy atom. The molecule has 0 radical (unpaired) electrons. The van der Waals surface area contributed by atoms with Gasteiger partial charge in [-0.1, -0.05) is 23.2 Å². The minimum absolute atomic E-state index is 0.222. The molecule has 0 aliphatic rings. The highest BCUT2D eigenvalue weighted by Gasteiger charge is 2.14. The van der Waals surface area contributed by atoms with Crippen molar-refractivity contribution in [2.45, 2.75) is 0 Å². The zero-order chi connectivity index (χ0) is 10.8. The van der Waals surface area contributed by atoms with E-state index in [1.807, 2.05) is 0 Å². The van der Waals surface area contributed by atoms with Crippen molar-refractivity contribution in [2.24, 2.45) is 0 Å². The molecule has 1 heterocycles. The van der Waals surface area contributed by atoms with Crippen molar-refractivity contribution in [3.05, 3.63) is 51.8 Å². The molecule has 0 aliphatic carbocycles. The van der Waals surface area contributed by atoms with E-state index in [4.69, 9.17) is 23.2 Å². The topological polar surface area (TPSA) is 45.8 Å². The number of aromatic nitrogens is 2. The fourth-order valence-electron chi connectivity index (χ4n) is 1.20. The van der Waals surface area contributed by atoms with Crippen LogP contribution in [0.4, 0.5) is 0 Å². The van der Waals surface area contributed by atoms with E-state index >= 15 is 0 Å². The third kappa shape index (κ3) is 2.03. The maximum absolute atomic E-state index is 11.9. The molecule has 15 heavy (non-hydrogen) atoms. The molecule has 5 heteroatoms. The average molecular weight is 241 g/mol. The van der Waals surface area contributed by atoms with Crippen LogP contribution in [-0.2, 0) is 0 Å². The zero-order valence-corrected chi connectivity index (χ0v) is 9.01. The van der Waals surface area contributed by atoms with Crippen LogP contribution in [-0.4, -0.2) is 16.0 Å². The van der Waals surface area contributed by atoms with Crippen LogP contribution < -0.4 is 0 Å². The maximum Gasteiger partial charge on any atom is 0.212 e. The number of carbonyl (C=O) groups excluding carboxylic acids is 1. The molecule has 0 unspecified atom stereocenters. The van der Waals surface area contributed by atoms with Crippen molar-refractivity contribution in [1.29, 1.82) is 0 Å². The predicted molar refractivity (Wildman–Crippen MR) is 58.5 cm³/mol. The lowest BCUT2D eigenvalue weighted by atomic mass is 10.1. The van der Waals surface area contributed by atoms with Crippen molar-refractivity contribution in [3.8, 4) is 0 Å². The first-order valence-electron chi connectivity index (χ1n) is 4.17. The molecule has 0 aliphatic heterocycles. The maximum atomic E-state index is 11.9. The van der Waals surface area contributed by atoms with Crippen LogP contribution in [0.25, 0.3) is 0 Å². The first-order chi connectivity index (χ1) is 7.18. The smallest absolute Gasteiger partial charge is 0.212 e. The van der Waals surface area contributed by atoms with Gasteiger partial charge in [0.05, 0.1) is 5.02 Å². The Bertz CT molecular complexity index is 494. The lowest BCUT2D eigenvalue weighted by Crippen LogP contribution is -2.02. The van der Waals surface area contributed by atoms with Gasteiger partial charge in [0.15, 0.2) is 0 Å². The van der Waals surface area contributed by atoms with Crippen LogP contribution in [0.3, 0.4) is 0 Å². The Balaban J connectivity index is 2.46. The van der Waals surface area contributed by atoms with Gasteiger partial charge in [0.1, 0.15) is 5.69 Å². The van der Waals surface area contributed by atoms with E-state index in [-0.39, 0.29) is 5.78 Å². The van der Waals surface area contributed by atoms with Gasteiger partial charge in [-0.25, -0.2) is 0 Å². The molecule has 0 saturated heterocycles. The minimum atomic E-state index is -0.222. The second-order valence-electron chi connectivity index (χ2n) is 2.92. The van der Waals surface area contributed by atoms with Gasteiger partial charge in [-0.3, -0.25) is 9.89 Å². The lowest BCUT2D eigenvalue weighted by molar-refractivity contribution is 0.103. The van der Waals surface area contributed by atoms with E-state index in [1.54, 1.807) is 18.2 Å². The van der Waals surface area contributed by atoms with Crippen LogP contribution in [0.2, 0.25) is 10.0 Å². The molecule has 0 amide bonds. The van der Waals surface area contributed by atoms with Gasteiger partial charge in [-0.15, -0.1) is 0 Å². The molecule has 0 atom stereocenters. The van der Waals surface area contributed by atoms with Crippen LogP contribution in [0.1, 0.15) is 16.1 Å². The summed E-state index contributed by atoms with van der Waals surface area (Å²) in [6, 6.07) is 6.34. The van der Waals surface area contributed by atoms with E-state index in [0.717, 1.165) is 0 Å². The van der Waals surface area contributed by atoms with Gasteiger partial charge in [-0.2, -0.15) is 5.10 Å². The average Bonchev–Trinajstić information content (AvgIpc) is 2.74. The molecule has 1 N–H and O–H groups in total. The second-order valence-corrected chi connectivity index (χ2v) is 3.77. The number of halogens is 2. The molecular weight excluding hydrogens is 235 g/mol. The van der Waals surface area contributed by atoms with Crippen molar-refractivity contribution in [2.75, 3.05) is 0 Å². The number of rotatable bonds is 2. The highest BCUT2D eigenvalue weighted by molar-refractivity contribution is 6.36. The van der Waals surface area contributed by atoms with Crippen molar-refractivity contribution >= 4 is 29.0 Å². The number of aromatic amines is 1. The largest absolute Gasteiger partial charge is 0.287 e. The Hall–Kier alpha value is -1.32. The first-order valence-corrected chi connectivity index (χ1v) is 4.93. The third-order valence-electron chi connectivity index (χ3n) is 1.92. The summed E-state index contributed by atoms with van der Waals surface area (Å²) in [6.07, 6.45) is 1.51. The van der Waals surface area contributed by atoms with Gasteiger partial charge < -0.3 is 0 Å². The summed E-state index contributed by atoms with van der Waals surface area (Å²) >= 11 is 11.7. The number of hydrogen-bond donors (Lipinski definition) is 1. The van der Waals surface area contributed by atoms with Crippen LogP contribution in [0, 0.1) is 0 Å². The van der Waals surface area contributed by atoms with E-state index in [1.165, 1.54) is 12.3 Å². The summed E-state index contributed by atoms with van der Waals surface area (Å²) in [5.74, 6) is -0.222. The van der Waals surface area contributed by atoms with Gasteiger partial charge in [0, 0.05) is 16.8 Å². The monoisotopic (exact) mass is 240 g/mol. The molecule has 2 aromatic rings. The molecule has 1 aromatic heterocycles. The zero-order valence-electron chi connectivity index (χ0n) is 7.50. The molecule has 0 bridgehead atoms. The Morgan fingerprint density at radius 3 is 2.73 bits per heavy atom. The number of nitrogens with zero attached hydrogens (tertiary/aromatic N) is 1. The lowest BCUT2D eigenvalue weighted by Gasteiger charge is -2.01. The van der Waals surface area contributed by atoms with Crippen LogP contribution in [0.15, 0.2) is 30.5 Å². The van der Waals surface area contributed by atoms with E-state index < -0.39 is 0 Å². The number of benzene rings is 1. The standard InChI is InChI=1S/C10H6Cl2N2O/c11-6-1-2-8(12)7(5-6)10(15)9-3-4-13-14-9/h1-5H,(H,13,14). The number of carbonyl (C=O) groups is 1. The molecule has 1 aromatic carbocycles. The van der Waals surface area contributed by atoms with Gasteiger partial charge in [0.25, 0.3) is 0 Å². The fraction of sp³-hybridized carbons (Fsp3) is 0. The molecular formula is C10H6Cl2N2O. The normalized spacial score (nSPS) is 10.3. The molecule has 0 spiro atoms. The highest BCUT2D eigenvalue weighted by Crippen LogP contribution is 2.22. The molecule has 2 rings (SSSR count). The predicted octanol–water partition coefficient (Wildman–Crippen LogP) is 2.95. The Labute approximate surface area is 96.0 Å². The summed E-state index contributed by atoms with van der Waals surface area (Å²) in [5, 5.41) is 7.13. The molecule has 0 saturated carbocycles. The fourth-order valence-corrected chi connectivity index (χ4v) is 1.57. The van der Waals surface area contributed by atoms with Crippen molar-refractivity contribution in [1.82, 2.24) is 10.2 Å². The number of H-pyrrole nitrogens is 1. The SMILES string of the molecule is O=C(c1ccn[nH]1)c1cc(Cl)ccc1Cl. The van der Waals surface area contributed by atoms with Crippen LogP contribution >= 0.6 is 23.2 Å². The molecule has 3 nitrogen and oxygen atoms in total. The minimum Gasteiger partial charge on any atom is -0.287 e. The van der Waals surface area contributed by atoms with E-state index in [9.17, 15) is 4.79 Å². The van der Waals surface area contributed by atoms with Crippen molar-refractivity contribution in [3.63, 3.8) is 0 Å². The van der Waals surface area contributed by atoms with E-state index in [2.05, 4.69) is 10.2 Å². The Kier molecular flexibility index (Phi) is 2.75. The number of ketones is 1. The summed E-state index contributed by atoms with van der Waals surface area (Å²) in [6.45, 7) is 0. The Morgan fingerprint density at radius 2 is 2.07 bits per heavy atom. The van der Waals surface area contributed by atoms with Gasteiger partial charge in [0.2, 0.25) is 5.78 Å². The molecule has 76 valence electrons. The van der Waals surface area contributed by atoms with E-state index in [0.29, 0.717) is 21.3 Å². The van der Waals surface area contributed by atoms with Gasteiger partial charge in [-0.05, 0) is 24.3 Å². The number of nitrogens with one attached hydrogen (secondary N) is 1. The highest BCUT2D eigenvalue weighted by atomic mass is 35.5. The quantitative estimate of drug-likeness (QED) is 0.821. The molecule has 0 fully saturated rings. The summed E-state index contributed by atoms with van der Waals surface area (Å²) in [4.78, 5) is 11.9. The summed E-state index contributed by atoms with van der Waals surface area (Å²) in [5.41, 5.74) is 0.757. The second kappa shape index (κ2) is 4.04. The summed E-state index contributed by atoms with van der Waals surface area (Å²) in [7, 11) is 0.